The molecule has 2 heterocycles. The number of carbonyl (C=O) groups excluding carboxylic acids is 2. The second kappa shape index (κ2) is 11.1. The van der Waals surface area contributed by atoms with Crippen LogP contribution >= 0.6 is 11.6 Å². The van der Waals surface area contributed by atoms with Crippen LogP contribution in [0.2, 0.25) is 5.02 Å². The predicted octanol–water partition coefficient (Wildman–Crippen LogP) is 2.90. The van der Waals surface area contributed by atoms with Crippen molar-refractivity contribution in [2.75, 3.05) is 58.5 Å². The van der Waals surface area contributed by atoms with Gasteiger partial charge in [0.1, 0.15) is 0 Å². The molecular formula is C25H30ClN3O5. The fourth-order valence-electron chi connectivity index (χ4n) is 4.53. The maximum absolute atomic E-state index is 13.1. The van der Waals surface area contributed by atoms with E-state index < -0.39 is 5.92 Å². The summed E-state index contributed by atoms with van der Waals surface area (Å²) in [6.45, 7) is 3.56. The van der Waals surface area contributed by atoms with E-state index in [2.05, 4.69) is 10.2 Å². The molecule has 0 aliphatic carbocycles. The van der Waals surface area contributed by atoms with Gasteiger partial charge in [0, 0.05) is 43.3 Å². The summed E-state index contributed by atoms with van der Waals surface area (Å²) in [7, 11) is 3.21. The van der Waals surface area contributed by atoms with Crippen molar-refractivity contribution in [1.29, 1.82) is 0 Å². The number of nitrogens with zero attached hydrogens (tertiary/aromatic N) is 2. The summed E-state index contributed by atoms with van der Waals surface area (Å²) in [5.41, 5.74) is 1.73. The molecule has 2 fully saturated rings. The van der Waals surface area contributed by atoms with Crippen LogP contribution in [-0.4, -0.2) is 70.3 Å². The van der Waals surface area contributed by atoms with Crippen molar-refractivity contribution in [1.82, 2.24) is 10.2 Å². The maximum atomic E-state index is 13.1. The molecule has 2 aliphatic heterocycles. The normalized spacial score (nSPS) is 19.7. The van der Waals surface area contributed by atoms with E-state index in [1.807, 2.05) is 24.3 Å². The Bertz CT molecular complexity index is 1030. The third-order valence-corrected chi connectivity index (χ3v) is 6.60. The number of benzene rings is 2. The van der Waals surface area contributed by atoms with E-state index in [4.69, 9.17) is 25.8 Å². The molecule has 1 N–H and O–H groups in total. The predicted molar refractivity (Wildman–Crippen MR) is 130 cm³/mol. The molecule has 0 spiro atoms. The van der Waals surface area contributed by atoms with Gasteiger partial charge in [0.25, 0.3) is 0 Å². The smallest absolute Gasteiger partial charge is 0.227 e. The number of morpholine rings is 1. The number of methoxy groups -OCH3 is 2. The largest absolute Gasteiger partial charge is 0.493 e. The number of rotatable bonds is 8. The first kappa shape index (κ1) is 24.3. The zero-order chi connectivity index (χ0) is 24.1. The molecule has 2 amide bonds. The van der Waals surface area contributed by atoms with Crippen LogP contribution in [0.4, 0.5) is 5.69 Å². The van der Waals surface area contributed by atoms with E-state index in [1.54, 1.807) is 37.3 Å². The molecule has 4 rings (SSSR count). The lowest BCUT2D eigenvalue weighted by atomic mass is 10.0. The average Bonchev–Trinajstić information content (AvgIpc) is 3.26. The Labute approximate surface area is 204 Å². The molecule has 34 heavy (non-hydrogen) atoms. The van der Waals surface area contributed by atoms with Gasteiger partial charge in [-0.1, -0.05) is 23.7 Å². The van der Waals surface area contributed by atoms with Crippen LogP contribution in [0.15, 0.2) is 42.5 Å². The summed E-state index contributed by atoms with van der Waals surface area (Å²) in [5, 5.41) is 3.65. The van der Waals surface area contributed by atoms with Crippen molar-refractivity contribution >= 4 is 29.1 Å². The second-order valence-electron chi connectivity index (χ2n) is 8.41. The van der Waals surface area contributed by atoms with Gasteiger partial charge in [-0.25, -0.2) is 0 Å². The Morgan fingerprint density at radius 3 is 2.62 bits per heavy atom. The number of ether oxygens (including phenoxy) is 3. The summed E-state index contributed by atoms with van der Waals surface area (Å²) in [5.74, 6) is 0.676. The zero-order valence-corrected chi connectivity index (χ0v) is 20.2. The molecule has 2 aromatic carbocycles. The van der Waals surface area contributed by atoms with E-state index in [-0.39, 0.29) is 24.3 Å². The lowest BCUT2D eigenvalue weighted by Crippen LogP contribution is -2.45. The summed E-state index contributed by atoms with van der Waals surface area (Å²) >= 11 is 6.08. The van der Waals surface area contributed by atoms with Gasteiger partial charge in [-0.3, -0.25) is 14.5 Å². The highest BCUT2D eigenvalue weighted by molar-refractivity contribution is 6.31. The summed E-state index contributed by atoms with van der Waals surface area (Å²) in [6, 6.07) is 12.9. The number of hydrogen-bond acceptors (Lipinski definition) is 6. The van der Waals surface area contributed by atoms with Gasteiger partial charge in [-0.15, -0.1) is 0 Å². The van der Waals surface area contributed by atoms with Crippen molar-refractivity contribution in [3.8, 4) is 11.5 Å². The lowest BCUT2D eigenvalue weighted by Gasteiger charge is -2.35. The molecule has 2 aromatic rings. The van der Waals surface area contributed by atoms with E-state index in [0.29, 0.717) is 48.5 Å². The van der Waals surface area contributed by atoms with E-state index >= 15 is 0 Å². The summed E-state index contributed by atoms with van der Waals surface area (Å²) < 4.78 is 16.4. The number of nitrogens with one attached hydrogen (secondary N) is 1. The van der Waals surface area contributed by atoms with Crippen LogP contribution in [-0.2, 0) is 14.3 Å². The SMILES string of the molecule is COc1ccc(C(CNC(=O)C2CC(=O)N(c3cccc(Cl)c3)C2)N2CCOCC2)cc1OC. The Morgan fingerprint density at radius 1 is 1.15 bits per heavy atom. The molecule has 8 nitrogen and oxygen atoms in total. The number of anilines is 1. The third kappa shape index (κ3) is 5.46. The highest BCUT2D eigenvalue weighted by Crippen LogP contribution is 2.32. The topological polar surface area (TPSA) is 80.3 Å². The van der Waals surface area contributed by atoms with Gasteiger partial charge in [0.15, 0.2) is 11.5 Å². The Balaban J connectivity index is 1.46. The van der Waals surface area contributed by atoms with Crippen LogP contribution in [0.5, 0.6) is 11.5 Å². The molecule has 0 aromatic heterocycles. The number of amides is 2. The molecule has 2 saturated heterocycles. The maximum Gasteiger partial charge on any atom is 0.227 e. The van der Waals surface area contributed by atoms with Gasteiger partial charge in [-0.2, -0.15) is 0 Å². The monoisotopic (exact) mass is 487 g/mol. The third-order valence-electron chi connectivity index (χ3n) is 6.36. The fraction of sp³-hybridized carbons (Fsp3) is 0.440. The molecule has 2 unspecified atom stereocenters. The second-order valence-corrected chi connectivity index (χ2v) is 8.85. The Morgan fingerprint density at radius 2 is 1.91 bits per heavy atom. The van der Waals surface area contributed by atoms with Crippen LogP contribution in [0.1, 0.15) is 18.0 Å². The first-order valence-electron chi connectivity index (χ1n) is 11.4. The quantitative estimate of drug-likeness (QED) is 0.616. The van der Waals surface area contributed by atoms with Crippen LogP contribution in [0, 0.1) is 5.92 Å². The molecule has 0 radical (unpaired) electrons. The van der Waals surface area contributed by atoms with E-state index in [1.165, 1.54) is 0 Å². The van der Waals surface area contributed by atoms with Crippen molar-refractivity contribution in [3.63, 3.8) is 0 Å². The van der Waals surface area contributed by atoms with Crippen molar-refractivity contribution in [2.24, 2.45) is 5.92 Å². The minimum atomic E-state index is -0.415. The minimum absolute atomic E-state index is 0.0613. The molecule has 182 valence electrons. The number of carbonyl (C=O) groups is 2. The van der Waals surface area contributed by atoms with Gasteiger partial charge in [0.2, 0.25) is 11.8 Å². The lowest BCUT2D eigenvalue weighted by molar-refractivity contribution is -0.126. The Kier molecular flexibility index (Phi) is 7.92. The summed E-state index contributed by atoms with van der Waals surface area (Å²) in [6.07, 6.45) is 0.178. The Hall–Kier alpha value is -2.81. The van der Waals surface area contributed by atoms with Crippen molar-refractivity contribution < 1.29 is 23.8 Å². The molecule has 0 saturated carbocycles. The first-order chi connectivity index (χ1) is 16.5. The molecule has 2 aliphatic rings. The van der Waals surface area contributed by atoms with Gasteiger partial charge >= 0.3 is 0 Å². The van der Waals surface area contributed by atoms with Crippen LogP contribution in [0.25, 0.3) is 0 Å². The standard InChI is InChI=1S/C25H30ClN3O5/c1-32-22-7-6-17(12-23(22)33-2)21(28-8-10-34-11-9-28)15-27-25(31)18-13-24(30)29(16-18)20-5-3-4-19(26)14-20/h3-7,12,14,18,21H,8-11,13,15-16H2,1-2H3,(H,27,31). The average molecular weight is 488 g/mol. The summed E-state index contributed by atoms with van der Waals surface area (Å²) in [4.78, 5) is 29.6. The van der Waals surface area contributed by atoms with Crippen molar-refractivity contribution in [2.45, 2.75) is 12.5 Å². The van der Waals surface area contributed by atoms with E-state index in [9.17, 15) is 9.59 Å². The molecule has 2 atom stereocenters. The van der Waals surface area contributed by atoms with Gasteiger partial charge < -0.3 is 24.4 Å². The van der Waals surface area contributed by atoms with Gasteiger partial charge in [-0.05, 0) is 35.9 Å². The van der Waals surface area contributed by atoms with Crippen LogP contribution in [0.3, 0.4) is 0 Å². The van der Waals surface area contributed by atoms with Gasteiger partial charge in [0.05, 0.1) is 39.4 Å². The molecule has 9 heteroatoms. The van der Waals surface area contributed by atoms with Crippen LogP contribution < -0.4 is 19.7 Å². The van der Waals surface area contributed by atoms with E-state index in [0.717, 1.165) is 18.7 Å². The minimum Gasteiger partial charge on any atom is -0.493 e. The molecular weight excluding hydrogens is 458 g/mol. The molecule has 0 bridgehead atoms. The first-order valence-corrected chi connectivity index (χ1v) is 11.7. The number of halogens is 1. The number of hydrogen-bond donors (Lipinski definition) is 1. The fourth-order valence-corrected chi connectivity index (χ4v) is 4.71. The van der Waals surface area contributed by atoms with Crippen molar-refractivity contribution in [3.05, 3.63) is 53.1 Å². The zero-order valence-electron chi connectivity index (χ0n) is 19.5. The highest BCUT2D eigenvalue weighted by Gasteiger charge is 2.35. The highest BCUT2D eigenvalue weighted by atomic mass is 35.5.